The Kier molecular flexibility index (Phi) is 14.9. The van der Waals surface area contributed by atoms with Crippen LogP contribution in [-0.4, -0.2) is 98.5 Å². The number of carboxylic acid groups (broad SMARTS) is 4. The summed E-state index contributed by atoms with van der Waals surface area (Å²) in [5.74, 6) is -6.17. The smallest absolute Gasteiger partial charge is 0.472 e. The number of carboxylic acids is 4. The third-order valence-electron chi connectivity index (χ3n) is 9.08. The van der Waals surface area contributed by atoms with E-state index in [1.54, 1.807) is 13.8 Å². The van der Waals surface area contributed by atoms with E-state index in [0.29, 0.717) is 25.7 Å². The second kappa shape index (κ2) is 18.4. The minimum Gasteiger partial charge on any atom is -0.481 e. The van der Waals surface area contributed by atoms with Gasteiger partial charge in [0.2, 0.25) is 6.04 Å². The third kappa shape index (κ3) is 12.3. The Bertz CT molecular complexity index is 1380. The van der Waals surface area contributed by atoms with Gasteiger partial charge >= 0.3 is 31.7 Å². The molecule has 0 aromatic heterocycles. The zero-order valence-corrected chi connectivity index (χ0v) is 28.5. The van der Waals surface area contributed by atoms with E-state index in [9.17, 15) is 44.0 Å². The molecule has 15 heteroatoms. The Morgan fingerprint density at radius 1 is 0.898 bits per heavy atom. The molecule has 2 aromatic rings. The molecule has 2 aromatic carbocycles. The average molecular weight is 706 g/mol. The molecule has 0 aliphatic heterocycles. The van der Waals surface area contributed by atoms with E-state index in [0.717, 1.165) is 17.5 Å². The largest absolute Gasteiger partial charge is 0.481 e. The summed E-state index contributed by atoms with van der Waals surface area (Å²) in [6.45, 7) is 2.22. The highest BCUT2D eigenvalue weighted by Gasteiger charge is 2.41. The van der Waals surface area contributed by atoms with Gasteiger partial charge < -0.3 is 25.3 Å². The fourth-order valence-corrected chi connectivity index (χ4v) is 7.32. The van der Waals surface area contributed by atoms with E-state index in [1.165, 1.54) is 4.90 Å². The van der Waals surface area contributed by atoms with Gasteiger partial charge in [-0.2, -0.15) is 0 Å². The molecule has 1 saturated carbocycles. The summed E-state index contributed by atoms with van der Waals surface area (Å²) >= 11 is 0. The van der Waals surface area contributed by atoms with Crippen LogP contribution in [0.3, 0.4) is 0 Å². The Morgan fingerprint density at radius 2 is 1.43 bits per heavy atom. The quantitative estimate of drug-likeness (QED) is 0.0802. The second-order valence-electron chi connectivity index (χ2n) is 12.7. The van der Waals surface area contributed by atoms with Crippen LogP contribution >= 0.6 is 7.82 Å². The first-order valence-electron chi connectivity index (χ1n) is 16.1. The summed E-state index contributed by atoms with van der Waals surface area (Å²) in [4.78, 5) is 58.2. The zero-order chi connectivity index (χ0) is 36.2. The lowest BCUT2D eigenvalue weighted by Crippen LogP contribution is -2.54. The Hall–Kier alpha value is -3.65. The fourth-order valence-electron chi connectivity index (χ4n) is 6.30. The molecule has 6 N–H and O–H groups in total. The number of hydrogen-bond acceptors (Lipinski definition) is 9. The number of rotatable bonds is 21. The van der Waals surface area contributed by atoms with E-state index in [-0.39, 0.29) is 36.8 Å². The number of aliphatic carboxylic acids is 4. The van der Waals surface area contributed by atoms with Crippen LogP contribution in [0.2, 0.25) is 0 Å². The monoisotopic (exact) mass is 705 g/mol. The molecule has 49 heavy (non-hydrogen) atoms. The minimum atomic E-state index is -4.75. The topological polar surface area (TPSA) is 220 Å². The highest BCUT2D eigenvalue weighted by molar-refractivity contribution is 7.47. The molecule has 0 bridgehead atoms. The maximum atomic E-state index is 13.2. The molecule has 14 nitrogen and oxygen atoms in total. The number of carbonyl (C=O) groups is 4. The van der Waals surface area contributed by atoms with Gasteiger partial charge in [-0.3, -0.25) is 28.9 Å². The van der Waals surface area contributed by atoms with E-state index >= 15 is 0 Å². The molecule has 0 amide bonds. The van der Waals surface area contributed by atoms with Crippen LogP contribution in [0.1, 0.15) is 57.1 Å². The predicted molar refractivity (Wildman–Crippen MR) is 178 cm³/mol. The summed E-state index contributed by atoms with van der Waals surface area (Å²) < 4.78 is 24.1. The third-order valence-corrected chi connectivity index (χ3v) is 10.1. The van der Waals surface area contributed by atoms with Crippen molar-refractivity contribution in [2.45, 2.75) is 69.6 Å². The minimum absolute atomic E-state index is 0.115. The van der Waals surface area contributed by atoms with Crippen LogP contribution in [0.25, 0.3) is 0 Å². The van der Waals surface area contributed by atoms with Crippen LogP contribution in [0.4, 0.5) is 0 Å². The zero-order valence-electron chi connectivity index (χ0n) is 27.6. The molecule has 4 unspecified atom stereocenters. The van der Waals surface area contributed by atoms with Crippen LogP contribution in [0.15, 0.2) is 60.7 Å². The van der Waals surface area contributed by atoms with Crippen LogP contribution in [-0.2, 0) is 38.2 Å². The van der Waals surface area contributed by atoms with Gasteiger partial charge in [0.25, 0.3) is 0 Å². The van der Waals surface area contributed by atoms with Crippen molar-refractivity contribution in [1.29, 1.82) is 0 Å². The first kappa shape index (κ1) is 39.8. The average Bonchev–Trinajstić information content (AvgIpc) is 3.05. The number of benzene rings is 2. The van der Waals surface area contributed by atoms with Gasteiger partial charge in [0, 0.05) is 24.5 Å². The van der Waals surface area contributed by atoms with Gasteiger partial charge in [-0.15, -0.1) is 0 Å². The number of nitrogens with one attached hydrogen (secondary N) is 1. The van der Waals surface area contributed by atoms with Crippen molar-refractivity contribution < 1.29 is 58.1 Å². The Balaban J connectivity index is 1.72. The molecule has 269 valence electrons. The van der Waals surface area contributed by atoms with Crippen LogP contribution < -0.4 is 5.32 Å². The molecule has 0 saturated heterocycles. The number of nitrogens with zero attached hydrogens (tertiary/aromatic N) is 1. The number of phosphoric acid groups is 1. The SMILES string of the molecule is CC(C[CH]C(=O)O)C(C)CN(CC(=O)O)CC(COP(=O)(O)OC1CCC(c2ccccc2)(c2ccccc2)CC1)NC(C(=O)O)C(=O)O. The second-order valence-corrected chi connectivity index (χ2v) is 14.1. The molecule has 1 radical (unpaired) electrons. The van der Waals surface area contributed by atoms with E-state index in [1.807, 2.05) is 36.4 Å². The molecular formula is C34H46N2O12P. The highest BCUT2D eigenvalue weighted by atomic mass is 31.2. The molecule has 4 atom stereocenters. The molecule has 0 spiro atoms. The van der Waals surface area contributed by atoms with Gasteiger partial charge in [0.05, 0.1) is 25.7 Å². The first-order valence-corrected chi connectivity index (χ1v) is 17.6. The van der Waals surface area contributed by atoms with Gasteiger partial charge in [-0.05, 0) is 55.1 Å². The number of phosphoric ester groups is 1. The fraction of sp³-hybridized carbons (Fsp3) is 0.500. The van der Waals surface area contributed by atoms with E-state index in [2.05, 4.69) is 29.6 Å². The van der Waals surface area contributed by atoms with Gasteiger partial charge in [-0.1, -0.05) is 74.5 Å². The molecular weight excluding hydrogens is 659 g/mol. The Morgan fingerprint density at radius 3 is 1.90 bits per heavy atom. The molecule has 1 fully saturated rings. The number of hydrogen-bond donors (Lipinski definition) is 6. The van der Waals surface area contributed by atoms with Crippen molar-refractivity contribution in [3.8, 4) is 0 Å². The first-order chi connectivity index (χ1) is 23.1. The van der Waals surface area contributed by atoms with Crippen LogP contribution in [0.5, 0.6) is 0 Å². The van der Waals surface area contributed by atoms with Gasteiger partial charge in [0.1, 0.15) is 0 Å². The van der Waals surface area contributed by atoms with Crippen molar-refractivity contribution in [2.24, 2.45) is 11.8 Å². The van der Waals surface area contributed by atoms with Gasteiger partial charge in [0.15, 0.2) is 0 Å². The molecule has 1 aliphatic carbocycles. The normalized spacial score (nSPS) is 18.0. The molecule has 1 aliphatic rings. The molecule has 3 rings (SSSR count). The standard InChI is InChI=1S/C34H46N2O12P/c1-23(13-14-29(37)38)24(2)19-36(21-30(39)40)20-27(35-31(32(41)42)33(43)44)22-47-49(45,46)48-28-15-17-34(18-16-28,25-9-5-3-6-10-25)26-11-7-4-8-12-26/h3-12,14,23-24,27-28,31,35H,13,15-22H2,1-2H3,(H,37,38)(H,39,40)(H,41,42)(H,43,44)(H,45,46). The van der Waals surface area contributed by atoms with Gasteiger partial charge in [-0.25, -0.2) is 14.2 Å². The Labute approximate surface area is 285 Å². The van der Waals surface area contributed by atoms with Crippen molar-refractivity contribution in [2.75, 3.05) is 26.2 Å². The summed E-state index contributed by atoms with van der Waals surface area (Å²) in [6.07, 6.45) is 2.79. The predicted octanol–water partition coefficient (Wildman–Crippen LogP) is 3.88. The maximum Gasteiger partial charge on any atom is 0.472 e. The lowest BCUT2D eigenvalue weighted by atomic mass is 9.65. The highest BCUT2D eigenvalue weighted by Crippen LogP contribution is 2.51. The van der Waals surface area contributed by atoms with Crippen molar-refractivity contribution in [3.05, 3.63) is 78.2 Å². The maximum absolute atomic E-state index is 13.2. The lowest BCUT2D eigenvalue weighted by molar-refractivity contribution is -0.152. The summed E-state index contributed by atoms with van der Waals surface area (Å²) in [5.41, 5.74) is 1.92. The van der Waals surface area contributed by atoms with E-state index in [4.69, 9.17) is 14.2 Å². The van der Waals surface area contributed by atoms with Crippen molar-refractivity contribution in [1.82, 2.24) is 10.2 Å². The van der Waals surface area contributed by atoms with Crippen LogP contribution in [0, 0.1) is 18.3 Å². The summed E-state index contributed by atoms with van der Waals surface area (Å²) in [5, 5.41) is 39.8. The van der Waals surface area contributed by atoms with Crippen molar-refractivity contribution >= 4 is 31.7 Å². The summed E-state index contributed by atoms with van der Waals surface area (Å²) in [7, 11) is -4.75. The molecule has 0 heterocycles. The van der Waals surface area contributed by atoms with E-state index < -0.39 is 63.0 Å². The van der Waals surface area contributed by atoms with Crippen molar-refractivity contribution in [3.63, 3.8) is 0 Å². The summed E-state index contributed by atoms with van der Waals surface area (Å²) in [6, 6.07) is 16.7. The lowest BCUT2D eigenvalue weighted by Gasteiger charge is -2.41.